The minimum absolute atomic E-state index is 0.0940. The van der Waals surface area contributed by atoms with E-state index in [9.17, 15) is 13.2 Å². The molecule has 1 aromatic heterocycles. The van der Waals surface area contributed by atoms with E-state index >= 15 is 0 Å². The van der Waals surface area contributed by atoms with Crippen molar-refractivity contribution in [3.8, 4) is 11.5 Å². The number of carbonyl (C=O) groups excluding carboxylic acids is 1. The molecule has 10 heteroatoms. The van der Waals surface area contributed by atoms with Crippen LogP contribution in [0.4, 0.5) is 0 Å². The van der Waals surface area contributed by atoms with Gasteiger partial charge in [-0.25, -0.2) is 8.42 Å². The zero-order valence-electron chi connectivity index (χ0n) is 17.0. The molecule has 162 valence electrons. The van der Waals surface area contributed by atoms with Crippen molar-refractivity contribution in [2.75, 3.05) is 47.1 Å². The van der Waals surface area contributed by atoms with Crippen LogP contribution in [0.5, 0.6) is 11.5 Å². The summed E-state index contributed by atoms with van der Waals surface area (Å²) in [5.41, 5.74) is 2.35. The zero-order valence-corrected chi connectivity index (χ0v) is 17.8. The summed E-state index contributed by atoms with van der Waals surface area (Å²) in [5.74, 6) is 1.04. The fraction of sp³-hybridized carbons (Fsp3) is 0.450. The second-order valence-corrected chi connectivity index (χ2v) is 9.16. The molecule has 0 radical (unpaired) electrons. The first-order valence-electron chi connectivity index (χ1n) is 9.73. The van der Waals surface area contributed by atoms with Gasteiger partial charge in [0.15, 0.2) is 11.5 Å². The molecule has 1 saturated heterocycles. The number of hydrogen-bond acceptors (Lipinski definition) is 6. The van der Waals surface area contributed by atoms with Gasteiger partial charge in [0.1, 0.15) is 10.6 Å². The number of sulfonamides is 1. The summed E-state index contributed by atoms with van der Waals surface area (Å²) in [7, 11) is -0.481. The lowest BCUT2D eigenvalue weighted by atomic mass is 9.98. The number of carbonyl (C=O) groups is 1. The maximum Gasteiger partial charge on any atom is 0.270 e. The lowest BCUT2D eigenvalue weighted by molar-refractivity contribution is 0.0726. The SMILES string of the molecule is COc1cc2c(cc1OC)CN(C(=O)c1cc(S(=O)(=O)N3CCOCC3)c[nH]1)CC2. The van der Waals surface area contributed by atoms with Gasteiger partial charge in [0.05, 0.1) is 27.4 Å². The first-order chi connectivity index (χ1) is 14.4. The average Bonchev–Trinajstić information content (AvgIpc) is 3.29. The number of aromatic amines is 1. The van der Waals surface area contributed by atoms with Crippen LogP contribution < -0.4 is 9.47 Å². The Kier molecular flexibility index (Phi) is 5.72. The van der Waals surface area contributed by atoms with Gasteiger partial charge in [0.25, 0.3) is 5.91 Å². The predicted octanol–water partition coefficient (Wildman–Crippen LogP) is 1.25. The number of hydrogen-bond donors (Lipinski definition) is 1. The summed E-state index contributed by atoms with van der Waals surface area (Å²) >= 11 is 0. The highest BCUT2D eigenvalue weighted by Crippen LogP contribution is 2.33. The highest BCUT2D eigenvalue weighted by atomic mass is 32.2. The molecule has 0 spiro atoms. The molecule has 4 rings (SSSR count). The summed E-state index contributed by atoms with van der Waals surface area (Å²) in [6, 6.07) is 5.24. The van der Waals surface area contributed by atoms with Crippen LogP contribution in [0.3, 0.4) is 0 Å². The molecule has 2 aromatic rings. The van der Waals surface area contributed by atoms with E-state index < -0.39 is 10.0 Å². The smallest absolute Gasteiger partial charge is 0.270 e. The van der Waals surface area contributed by atoms with Gasteiger partial charge in [-0.05, 0) is 35.7 Å². The monoisotopic (exact) mass is 435 g/mol. The minimum atomic E-state index is -3.65. The van der Waals surface area contributed by atoms with Crippen LogP contribution in [-0.2, 0) is 27.7 Å². The standard InChI is InChI=1S/C20H25N3O6S/c1-27-18-9-14-3-4-22(13-15(14)10-19(18)28-2)20(24)17-11-16(12-21-17)30(25,26)23-5-7-29-8-6-23/h9-12,21H,3-8,13H2,1-2H3. The van der Waals surface area contributed by atoms with Crippen LogP contribution in [0.25, 0.3) is 0 Å². The molecule has 1 aromatic carbocycles. The maximum atomic E-state index is 13.0. The fourth-order valence-electron chi connectivity index (χ4n) is 3.81. The number of rotatable bonds is 5. The van der Waals surface area contributed by atoms with Gasteiger partial charge in [-0.3, -0.25) is 4.79 Å². The normalized spacial score (nSPS) is 17.5. The topological polar surface area (TPSA) is 101 Å². The second kappa shape index (κ2) is 8.29. The highest BCUT2D eigenvalue weighted by Gasteiger charge is 2.30. The molecule has 1 amide bonds. The van der Waals surface area contributed by atoms with Crippen molar-refractivity contribution in [1.82, 2.24) is 14.2 Å². The van der Waals surface area contributed by atoms with E-state index in [1.54, 1.807) is 19.1 Å². The molecule has 0 unspecified atom stereocenters. The van der Waals surface area contributed by atoms with Crippen LogP contribution in [0.15, 0.2) is 29.3 Å². The Bertz CT molecular complexity index is 1040. The van der Waals surface area contributed by atoms with E-state index in [4.69, 9.17) is 14.2 Å². The predicted molar refractivity (Wildman–Crippen MR) is 108 cm³/mol. The Labute approximate surface area is 175 Å². The first-order valence-corrected chi connectivity index (χ1v) is 11.2. The molecule has 2 aliphatic rings. The molecule has 1 N–H and O–H groups in total. The third-order valence-corrected chi connectivity index (χ3v) is 7.38. The second-order valence-electron chi connectivity index (χ2n) is 7.22. The van der Waals surface area contributed by atoms with Gasteiger partial charge < -0.3 is 24.1 Å². The maximum absolute atomic E-state index is 13.0. The largest absolute Gasteiger partial charge is 0.493 e. The molecule has 9 nitrogen and oxygen atoms in total. The van der Waals surface area contributed by atoms with Crippen molar-refractivity contribution in [3.05, 3.63) is 41.2 Å². The number of methoxy groups -OCH3 is 2. The third-order valence-electron chi connectivity index (χ3n) is 5.50. The van der Waals surface area contributed by atoms with E-state index in [0.29, 0.717) is 57.3 Å². The van der Waals surface area contributed by atoms with Crippen LogP contribution in [-0.4, -0.2) is 75.6 Å². The summed E-state index contributed by atoms with van der Waals surface area (Å²) < 4.78 is 42.9. The molecule has 2 aliphatic heterocycles. The lowest BCUT2D eigenvalue weighted by Crippen LogP contribution is -2.40. The summed E-state index contributed by atoms with van der Waals surface area (Å²) in [5, 5.41) is 0. The molecule has 3 heterocycles. The molecule has 0 saturated carbocycles. The molecule has 1 fully saturated rings. The third kappa shape index (κ3) is 3.78. The average molecular weight is 436 g/mol. The summed E-state index contributed by atoms with van der Waals surface area (Å²) in [6.45, 7) is 2.31. The number of fused-ring (bicyclic) bond motifs is 1. The van der Waals surface area contributed by atoms with Crippen molar-refractivity contribution in [1.29, 1.82) is 0 Å². The number of morpholine rings is 1. The van der Waals surface area contributed by atoms with Crippen molar-refractivity contribution in [2.45, 2.75) is 17.9 Å². The Morgan fingerprint density at radius 2 is 1.70 bits per heavy atom. The number of ether oxygens (including phenoxy) is 3. The van der Waals surface area contributed by atoms with E-state index in [1.165, 1.54) is 16.6 Å². The molecule has 30 heavy (non-hydrogen) atoms. The van der Waals surface area contributed by atoms with Crippen molar-refractivity contribution in [3.63, 3.8) is 0 Å². The van der Waals surface area contributed by atoms with Crippen LogP contribution in [0, 0.1) is 0 Å². The molecule has 0 bridgehead atoms. The lowest BCUT2D eigenvalue weighted by Gasteiger charge is -2.29. The number of aromatic nitrogens is 1. The van der Waals surface area contributed by atoms with Gasteiger partial charge in [0, 0.05) is 32.4 Å². The number of nitrogens with one attached hydrogen (secondary N) is 1. The van der Waals surface area contributed by atoms with Crippen LogP contribution >= 0.6 is 0 Å². The number of amides is 1. The fourth-order valence-corrected chi connectivity index (χ4v) is 5.21. The van der Waals surface area contributed by atoms with Gasteiger partial charge in [-0.2, -0.15) is 4.31 Å². The van der Waals surface area contributed by atoms with Gasteiger partial charge in [-0.15, -0.1) is 0 Å². The molecular weight excluding hydrogens is 410 g/mol. The zero-order chi connectivity index (χ0) is 21.3. The molecule has 0 atom stereocenters. The van der Waals surface area contributed by atoms with Crippen LogP contribution in [0.2, 0.25) is 0 Å². The molecular formula is C20H25N3O6S. The minimum Gasteiger partial charge on any atom is -0.493 e. The van der Waals surface area contributed by atoms with Gasteiger partial charge >= 0.3 is 0 Å². The summed E-state index contributed by atoms with van der Waals surface area (Å²) in [6.07, 6.45) is 2.06. The molecule has 0 aliphatic carbocycles. The Hall–Kier alpha value is -2.56. The Morgan fingerprint density at radius 3 is 2.37 bits per heavy atom. The van der Waals surface area contributed by atoms with Gasteiger partial charge in [0.2, 0.25) is 10.0 Å². The van der Waals surface area contributed by atoms with E-state index in [-0.39, 0.29) is 16.5 Å². The quantitative estimate of drug-likeness (QED) is 0.759. The van der Waals surface area contributed by atoms with E-state index in [2.05, 4.69) is 4.98 Å². The Balaban J connectivity index is 1.52. The Morgan fingerprint density at radius 1 is 1.03 bits per heavy atom. The van der Waals surface area contributed by atoms with Crippen LogP contribution in [0.1, 0.15) is 21.6 Å². The summed E-state index contributed by atoms with van der Waals surface area (Å²) in [4.78, 5) is 17.6. The van der Waals surface area contributed by atoms with E-state index in [1.807, 2.05) is 12.1 Å². The number of nitrogens with zero attached hydrogens (tertiary/aromatic N) is 2. The first kappa shape index (κ1) is 20.7. The van der Waals surface area contributed by atoms with Crippen molar-refractivity contribution < 1.29 is 27.4 Å². The highest BCUT2D eigenvalue weighted by molar-refractivity contribution is 7.89. The van der Waals surface area contributed by atoms with Gasteiger partial charge in [-0.1, -0.05) is 0 Å². The number of H-pyrrole nitrogens is 1. The van der Waals surface area contributed by atoms with Crippen molar-refractivity contribution in [2.24, 2.45) is 0 Å². The van der Waals surface area contributed by atoms with E-state index in [0.717, 1.165) is 11.1 Å². The number of benzene rings is 1. The van der Waals surface area contributed by atoms with Crippen molar-refractivity contribution >= 4 is 15.9 Å².